The summed E-state index contributed by atoms with van der Waals surface area (Å²) in [6.45, 7) is 2.93. The highest BCUT2D eigenvalue weighted by molar-refractivity contribution is 7.89. The van der Waals surface area contributed by atoms with Crippen molar-refractivity contribution >= 4 is 15.9 Å². The van der Waals surface area contributed by atoms with E-state index in [9.17, 15) is 13.2 Å². The lowest BCUT2D eigenvalue weighted by atomic mass is 10.0. The first-order valence-electron chi connectivity index (χ1n) is 6.75. The molecule has 2 fully saturated rings. The maximum Gasteiger partial charge on any atom is 0.275 e. The van der Waals surface area contributed by atoms with Gasteiger partial charge in [0.25, 0.3) is 5.91 Å². The van der Waals surface area contributed by atoms with Gasteiger partial charge >= 0.3 is 0 Å². The smallest absolute Gasteiger partial charge is 0.275 e. The molecule has 1 aliphatic carbocycles. The molecule has 1 amide bonds. The second-order valence-electron chi connectivity index (χ2n) is 5.73. The van der Waals surface area contributed by atoms with Crippen LogP contribution in [0.1, 0.15) is 35.4 Å². The molecule has 110 valence electrons. The Morgan fingerprint density at radius 3 is 2.50 bits per heavy atom. The molecule has 0 bridgehead atoms. The van der Waals surface area contributed by atoms with Crippen LogP contribution < -0.4 is 5.14 Å². The SMILES string of the molecule is Cc1[nH]nc(C(=O)N2CC3CCCC3C2)c1S(N)(=O)=O. The Kier molecular flexibility index (Phi) is 3.09. The number of rotatable bonds is 2. The van der Waals surface area contributed by atoms with Crippen LogP contribution in [-0.4, -0.2) is 42.5 Å². The Morgan fingerprint density at radius 2 is 1.95 bits per heavy atom. The van der Waals surface area contributed by atoms with Gasteiger partial charge in [0, 0.05) is 13.1 Å². The van der Waals surface area contributed by atoms with Crippen LogP contribution in [-0.2, 0) is 10.0 Å². The van der Waals surface area contributed by atoms with E-state index in [2.05, 4.69) is 10.2 Å². The number of aryl methyl sites for hydroxylation is 1. The van der Waals surface area contributed by atoms with Crippen LogP contribution in [0.3, 0.4) is 0 Å². The summed E-state index contributed by atoms with van der Waals surface area (Å²) in [5.41, 5.74) is 0.222. The van der Waals surface area contributed by atoms with E-state index in [4.69, 9.17) is 5.14 Å². The summed E-state index contributed by atoms with van der Waals surface area (Å²) in [5.74, 6) is 0.765. The average molecular weight is 298 g/mol. The number of H-pyrrole nitrogens is 1. The molecule has 0 aromatic carbocycles. The van der Waals surface area contributed by atoms with Crippen LogP contribution in [0.2, 0.25) is 0 Å². The van der Waals surface area contributed by atoms with Crippen molar-refractivity contribution in [2.45, 2.75) is 31.1 Å². The Hall–Kier alpha value is -1.41. The minimum absolute atomic E-state index is 0.0787. The largest absolute Gasteiger partial charge is 0.337 e. The standard InChI is InChI=1S/C12H18N4O3S/c1-7-11(20(13,18)19)10(15-14-7)12(17)16-5-8-3-2-4-9(8)6-16/h8-9H,2-6H2,1H3,(H,14,15)(H2,13,18,19). The predicted octanol–water partition coefficient (Wildman–Crippen LogP) is 0.238. The van der Waals surface area contributed by atoms with Crippen LogP contribution in [0.15, 0.2) is 4.90 Å². The second kappa shape index (κ2) is 4.56. The van der Waals surface area contributed by atoms with Crippen molar-refractivity contribution in [1.29, 1.82) is 0 Å². The maximum absolute atomic E-state index is 12.5. The normalized spacial score (nSPS) is 26.0. The van der Waals surface area contributed by atoms with Crippen molar-refractivity contribution in [2.75, 3.05) is 13.1 Å². The first-order valence-corrected chi connectivity index (χ1v) is 8.29. The fourth-order valence-electron chi connectivity index (χ4n) is 3.46. The van der Waals surface area contributed by atoms with Gasteiger partial charge in [0.1, 0.15) is 4.90 Å². The number of nitrogens with zero attached hydrogens (tertiary/aromatic N) is 2. The minimum atomic E-state index is -3.96. The van der Waals surface area contributed by atoms with E-state index in [0.29, 0.717) is 30.6 Å². The van der Waals surface area contributed by atoms with Crippen molar-refractivity contribution < 1.29 is 13.2 Å². The summed E-state index contributed by atoms with van der Waals surface area (Å²) in [7, 11) is -3.96. The molecule has 1 aromatic heterocycles. The number of fused-ring (bicyclic) bond motifs is 1. The number of sulfonamides is 1. The zero-order chi connectivity index (χ0) is 14.5. The molecule has 3 N–H and O–H groups in total. The van der Waals surface area contributed by atoms with Crippen LogP contribution in [0, 0.1) is 18.8 Å². The number of aromatic amines is 1. The lowest BCUT2D eigenvalue weighted by Crippen LogP contribution is -2.31. The van der Waals surface area contributed by atoms with E-state index in [-0.39, 0.29) is 16.5 Å². The molecule has 3 rings (SSSR count). The summed E-state index contributed by atoms with van der Waals surface area (Å²) >= 11 is 0. The summed E-state index contributed by atoms with van der Waals surface area (Å²) in [6.07, 6.45) is 3.52. The van der Waals surface area contributed by atoms with Gasteiger partial charge in [-0.3, -0.25) is 9.89 Å². The molecule has 1 aliphatic heterocycles. The lowest BCUT2D eigenvalue weighted by molar-refractivity contribution is 0.0771. The number of carbonyl (C=O) groups is 1. The fourth-order valence-corrected chi connectivity index (χ4v) is 4.34. The highest BCUT2D eigenvalue weighted by Crippen LogP contribution is 2.38. The number of hydrogen-bond donors (Lipinski definition) is 2. The molecule has 2 aliphatic rings. The first-order chi connectivity index (χ1) is 9.38. The first kappa shape index (κ1) is 13.6. The molecular formula is C12H18N4O3S. The number of hydrogen-bond acceptors (Lipinski definition) is 4. The van der Waals surface area contributed by atoms with Gasteiger partial charge in [-0.05, 0) is 31.6 Å². The number of carbonyl (C=O) groups excluding carboxylic acids is 1. The number of nitrogens with one attached hydrogen (secondary N) is 1. The van der Waals surface area contributed by atoms with Gasteiger partial charge in [-0.1, -0.05) is 6.42 Å². The quantitative estimate of drug-likeness (QED) is 0.814. The molecule has 2 unspecified atom stereocenters. The van der Waals surface area contributed by atoms with Gasteiger partial charge in [0.15, 0.2) is 5.69 Å². The van der Waals surface area contributed by atoms with Gasteiger partial charge in [0.2, 0.25) is 10.0 Å². The van der Waals surface area contributed by atoms with E-state index < -0.39 is 10.0 Å². The zero-order valence-corrected chi connectivity index (χ0v) is 12.1. The molecule has 2 heterocycles. The van der Waals surface area contributed by atoms with Gasteiger partial charge in [0.05, 0.1) is 5.69 Å². The predicted molar refractivity (Wildman–Crippen MR) is 71.4 cm³/mol. The van der Waals surface area contributed by atoms with Crippen LogP contribution in [0.25, 0.3) is 0 Å². The van der Waals surface area contributed by atoms with Crippen molar-refractivity contribution in [3.05, 3.63) is 11.4 Å². The summed E-state index contributed by atoms with van der Waals surface area (Å²) in [4.78, 5) is 14.0. The van der Waals surface area contributed by atoms with Crippen LogP contribution >= 0.6 is 0 Å². The van der Waals surface area contributed by atoms with Gasteiger partial charge in [-0.15, -0.1) is 0 Å². The van der Waals surface area contributed by atoms with Crippen LogP contribution in [0.5, 0.6) is 0 Å². The monoisotopic (exact) mass is 298 g/mol. The molecule has 7 nitrogen and oxygen atoms in total. The molecule has 20 heavy (non-hydrogen) atoms. The third-order valence-corrected chi connectivity index (χ3v) is 5.46. The van der Waals surface area contributed by atoms with E-state index >= 15 is 0 Å². The summed E-state index contributed by atoms with van der Waals surface area (Å²) in [5, 5.41) is 11.6. The molecule has 0 radical (unpaired) electrons. The third-order valence-electron chi connectivity index (χ3n) is 4.39. The molecular weight excluding hydrogens is 280 g/mol. The van der Waals surface area contributed by atoms with Crippen molar-refractivity contribution in [3.63, 3.8) is 0 Å². The van der Waals surface area contributed by atoms with E-state index in [0.717, 1.165) is 12.8 Å². The summed E-state index contributed by atoms with van der Waals surface area (Å²) < 4.78 is 23.2. The highest BCUT2D eigenvalue weighted by atomic mass is 32.2. The Balaban J connectivity index is 1.89. The zero-order valence-electron chi connectivity index (χ0n) is 11.3. The Labute approximate surface area is 117 Å². The minimum Gasteiger partial charge on any atom is -0.337 e. The topological polar surface area (TPSA) is 109 Å². The molecule has 8 heteroatoms. The molecule has 1 saturated carbocycles. The third kappa shape index (κ3) is 2.12. The number of primary sulfonamides is 1. The fraction of sp³-hybridized carbons (Fsp3) is 0.667. The molecule has 1 saturated heterocycles. The molecule has 2 atom stereocenters. The van der Waals surface area contributed by atoms with Gasteiger partial charge in [-0.25, -0.2) is 13.6 Å². The van der Waals surface area contributed by atoms with E-state index in [1.54, 1.807) is 11.8 Å². The Bertz CT molecular complexity index is 640. The van der Waals surface area contributed by atoms with Crippen molar-refractivity contribution in [3.8, 4) is 0 Å². The molecule has 1 aromatic rings. The van der Waals surface area contributed by atoms with Crippen molar-refractivity contribution in [1.82, 2.24) is 15.1 Å². The number of nitrogens with two attached hydrogens (primary N) is 1. The second-order valence-corrected chi connectivity index (χ2v) is 7.23. The number of amides is 1. The lowest BCUT2D eigenvalue weighted by Gasteiger charge is -2.16. The highest BCUT2D eigenvalue weighted by Gasteiger charge is 2.40. The maximum atomic E-state index is 12.5. The average Bonchev–Trinajstić information content (AvgIpc) is 2.98. The number of aromatic nitrogens is 2. The van der Waals surface area contributed by atoms with E-state index in [1.165, 1.54) is 6.42 Å². The van der Waals surface area contributed by atoms with Gasteiger partial charge in [-0.2, -0.15) is 5.10 Å². The van der Waals surface area contributed by atoms with Crippen LogP contribution in [0.4, 0.5) is 0 Å². The molecule has 0 spiro atoms. The summed E-state index contributed by atoms with van der Waals surface area (Å²) in [6, 6.07) is 0. The number of likely N-dealkylation sites (tertiary alicyclic amines) is 1. The van der Waals surface area contributed by atoms with E-state index in [1.807, 2.05) is 0 Å². The van der Waals surface area contributed by atoms with Crippen molar-refractivity contribution in [2.24, 2.45) is 17.0 Å². The van der Waals surface area contributed by atoms with Gasteiger partial charge < -0.3 is 4.90 Å². The Morgan fingerprint density at radius 1 is 1.35 bits per heavy atom.